The second-order valence-electron chi connectivity index (χ2n) is 10.6. The SMILES string of the molecule is Cc1ccc([C@]23C[C@H]4C(=O)N(CCCCO)CC(=O)N4[C@H]2N(S(=O)(=O)c2ccccc2)c2ccccc23)cc1. The number of aliphatic hydroxyl groups excluding tert-OH is 1. The molecule has 0 unspecified atom stereocenters. The number of sulfonamides is 1. The lowest BCUT2D eigenvalue weighted by molar-refractivity contribution is -0.155. The number of carbonyl (C=O) groups is 2. The van der Waals surface area contributed by atoms with E-state index in [1.165, 1.54) is 9.21 Å². The van der Waals surface area contributed by atoms with E-state index in [1.807, 2.05) is 43.3 Å². The van der Waals surface area contributed by atoms with E-state index >= 15 is 0 Å². The molecule has 6 rings (SSSR count). The van der Waals surface area contributed by atoms with Gasteiger partial charge in [-0.2, -0.15) is 0 Å². The average Bonchev–Trinajstić information content (AvgIpc) is 3.44. The van der Waals surface area contributed by atoms with Gasteiger partial charge in [0.1, 0.15) is 12.2 Å². The Bertz CT molecular complexity index is 1530. The number of rotatable bonds is 7. The Hall–Kier alpha value is -3.69. The van der Waals surface area contributed by atoms with E-state index in [4.69, 9.17) is 0 Å². The van der Waals surface area contributed by atoms with Gasteiger partial charge in [-0.25, -0.2) is 12.7 Å². The highest BCUT2D eigenvalue weighted by Gasteiger charge is 2.67. The molecule has 3 aromatic carbocycles. The molecule has 0 aromatic heterocycles. The number of piperazine rings is 1. The molecule has 3 heterocycles. The predicted molar refractivity (Wildman–Crippen MR) is 146 cm³/mol. The van der Waals surface area contributed by atoms with Crippen LogP contribution in [0.4, 0.5) is 5.69 Å². The molecule has 2 fully saturated rings. The highest BCUT2D eigenvalue weighted by molar-refractivity contribution is 7.92. The summed E-state index contributed by atoms with van der Waals surface area (Å²) < 4.78 is 30.1. The molecule has 0 saturated carbocycles. The third kappa shape index (κ3) is 3.78. The van der Waals surface area contributed by atoms with E-state index in [-0.39, 0.29) is 36.3 Å². The van der Waals surface area contributed by atoms with Gasteiger partial charge in [0.2, 0.25) is 11.8 Å². The van der Waals surface area contributed by atoms with Gasteiger partial charge in [0, 0.05) is 13.2 Å². The Morgan fingerprint density at radius 1 is 0.923 bits per heavy atom. The smallest absolute Gasteiger partial charge is 0.266 e. The normalized spacial score (nSPS) is 24.1. The Balaban J connectivity index is 1.56. The van der Waals surface area contributed by atoms with Crippen molar-refractivity contribution >= 4 is 27.5 Å². The number of hydrogen-bond donors (Lipinski definition) is 1. The van der Waals surface area contributed by atoms with E-state index in [0.29, 0.717) is 25.1 Å². The van der Waals surface area contributed by atoms with Gasteiger partial charge in [0.15, 0.2) is 0 Å². The first-order valence-corrected chi connectivity index (χ1v) is 14.7. The van der Waals surface area contributed by atoms with Crippen LogP contribution in [-0.2, 0) is 25.0 Å². The summed E-state index contributed by atoms with van der Waals surface area (Å²) in [5.41, 5.74) is 2.32. The monoisotopic (exact) mass is 545 g/mol. The number of hydrogen-bond acceptors (Lipinski definition) is 5. The fourth-order valence-corrected chi connectivity index (χ4v) is 8.24. The highest BCUT2D eigenvalue weighted by Crippen LogP contribution is 2.59. The van der Waals surface area contributed by atoms with Gasteiger partial charge >= 0.3 is 0 Å². The summed E-state index contributed by atoms with van der Waals surface area (Å²) in [6.45, 7) is 2.27. The quantitative estimate of drug-likeness (QED) is 0.461. The summed E-state index contributed by atoms with van der Waals surface area (Å²) in [4.78, 5) is 30.9. The van der Waals surface area contributed by atoms with Gasteiger partial charge in [-0.3, -0.25) is 9.59 Å². The molecule has 3 aliphatic rings. The number of benzene rings is 3. The Kier molecular flexibility index (Phi) is 6.23. The molecule has 3 atom stereocenters. The minimum Gasteiger partial charge on any atom is -0.396 e. The molecule has 8 nitrogen and oxygen atoms in total. The van der Waals surface area contributed by atoms with Crippen LogP contribution in [-0.4, -0.2) is 67.0 Å². The van der Waals surface area contributed by atoms with E-state index < -0.39 is 27.6 Å². The van der Waals surface area contributed by atoms with Crippen LogP contribution in [0, 0.1) is 6.92 Å². The zero-order chi connectivity index (χ0) is 27.4. The van der Waals surface area contributed by atoms with Crippen LogP contribution >= 0.6 is 0 Å². The van der Waals surface area contributed by atoms with Crippen LogP contribution in [0.2, 0.25) is 0 Å². The molecule has 39 heavy (non-hydrogen) atoms. The number of nitrogens with zero attached hydrogens (tertiary/aromatic N) is 3. The Morgan fingerprint density at radius 2 is 1.62 bits per heavy atom. The van der Waals surface area contributed by atoms with E-state index in [1.54, 1.807) is 47.4 Å². The minimum atomic E-state index is -4.10. The minimum absolute atomic E-state index is 0.0211. The number of anilines is 1. The first kappa shape index (κ1) is 25.6. The topological polar surface area (TPSA) is 98.2 Å². The van der Waals surface area contributed by atoms with Crippen molar-refractivity contribution in [1.82, 2.24) is 9.80 Å². The summed E-state index contributed by atoms with van der Waals surface area (Å²) in [5.74, 6) is -0.452. The first-order chi connectivity index (χ1) is 18.8. The largest absolute Gasteiger partial charge is 0.396 e. The van der Waals surface area contributed by atoms with Crippen molar-refractivity contribution in [1.29, 1.82) is 0 Å². The van der Waals surface area contributed by atoms with Gasteiger partial charge in [-0.15, -0.1) is 0 Å². The number of para-hydroxylation sites is 1. The zero-order valence-corrected chi connectivity index (χ0v) is 22.5. The molecule has 202 valence electrons. The van der Waals surface area contributed by atoms with Crippen LogP contribution < -0.4 is 4.31 Å². The average molecular weight is 546 g/mol. The predicted octanol–water partition coefficient (Wildman–Crippen LogP) is 3.03. The molecular weight excluding hydrogens is 514 g/mol. The molecule has 3 aliphatic heterocycles. The van der Waals surface area contributed by atoms with E-state index in [2.05, 4.69) is 0 Å². The molecule has 1 N–H and O–H groups in total. The number of carbonyl (C=O) groups excluding carboxylic acids is 2. The molecule has 2 saturated heterocycles. The molecule has 3 aromatic rings. The van der Waals surface area contributed by atoms with Crippen LogP contribution in [0.3, 0.4) is 0 Å². The van der Waals surface area contributed by atoms with Crippen molar-refractivity contribution in [3.05, 3.63) is 95.6 Å². The van der Waals surface area contributed by atoms with Gasteiger partial charge in [0.05, 0.1) is 22.5 Å². The summed E-state index contributed by atoms with van der Waals surface area (Å²) >= 11 is 0. The number of amides is 2. The van der Waals surface area contributed by atoms with Gasteiger partial charge < -0.3 is 14.9 Å². The number of unbranched alkanes of at least 4 members (excludes halogenated alkanes) is 1. The maximum Gasteiger partial charge on any atom is 0.266 e. The lowest BCUT2D eigenvalue weighted by Crippen LogP contribution is -2.63. The van der Waals surface area contributed by atoms with Gasteiger partial charge in [-0.1, -0.05) is 66.2 Å². The molecule has 9 heteroatoms. The highest BCUT2D eigenvalue weighted by atomic mass is 32.2. The van der Waals surface area contributed by atoms with Crippen LogP contribution in [0.5, 0.6) is 0 Å². The molecule has 0 spiro atoms. The number of aryl methyl sites for hydroxylation is 1. The fraction of sp³-hybridized carbons (Fsp3) is 0.333. The van der Waals surface area contributed by atoms with E-state index in [9.17, 15) is 23.1 Å². The van der Waals surface area contributed by atoms with Crippen molar-refractivity contribution in [2.45, 2.75) is 48.7 Å². The van der Waals surface area contributed by atoms with Crippen LogP contribution in [0.25, 0.3) is 0 Å². The number of aliphatic hydroxyl groups is 1. The van der Waals surface area contributed by atoms with Crippen molar-refractivity contribution in [2.24, 2.45) is 0 Å². The zero-order valence-electron chi connectivity index (χ0n) is 21.7. The van der Waals surface area contributed by atoms with Crippen molar-refractivity contribution in [2.75, 3.05) is 24.0 Å². The van der Waals surface area contributed by atoms with E-state index in [0.717, 1.165) is 16.7 Å². The maximum atomic E-state index is 14.3. The molecular formula is C30H31N3O5S. The van der Waals surface area contributed by atoms with Crippen LogP contribution in [0.1, 0.15) is 36.0 Å². The first-order valence-electron chi connectivity index (χ1n) is 13.3. The molecule has 0 radical (unpaired) electrons. The van der Waals surface area contributed by atoms with Gasteiger partial charge in [-0.05, 0) is 55.5 Å². The van der Waals surface area contributed by atoms with Crippen molar-refractivity contribution in [3.63, 3.8) is 0 Å². The summed E-state index contributed by atoms with van der Waals surface area (Å²) in [5, 5.41) is 9.20. The lowest BCUT2D eigenvalue weighted by atomic mass is 9.72. The maximum absolute atomic E-state index is 14.3. The Labute approximate surface area is 228 Å². The summed E-state index contributed by atoms with van der Waals surface area (Å²) in [6, 6.07) is 22.8. The van der Waals surface area contributed by atoms with Crippen molar-refractivity contribution < 1.29 is 23.1 Å². The summed E-state index contributed by atoms with van der Waals surface area (Å²) in [7, 11) is -4.10. The number of fused-ring (bicyclic) bond motifs is 5. The van der Waals surface area contributed by atoms with Crippen LogP contribution in [0.15, 0.2) is 83.8 Å². The third-order valence-electron chi connectivity index (χ3n) is 8.31. The summed E-state index contributed by atoms with van der Waals surface area (Å²) in [6.07, 6.45) is 0.480. The Morgan fingerprint density at radius 3 is 2.33 bits per heavy atom. The fourth-order valence-electron chi connectivity index (χ4n) is 6.55. The second kappa shape index (κ2) is 9.50. The third-order valence-corrected chi connectivity index (χ3v) is 10.1. The molecule has 2 amide bonds. The standard InChI is InChI=1S/C30H31N3O5S/c1-21-13-15-22(16-14-21)30-19-26-28(36)31(17-7-8-18-34)20-27(35)32(26)29(30)33(25-12-6-5-11-24(25)30)39(37,38)23-9-3-2-4-10-23/h2-6,9-16,26,29,34H,7-8,17-20H2,1H3/t26-,29-,30-/m0/s1. The van der Waals surface area contributed by atoms with Crippen molar-refractivity contribution in [3.8, 4) is 0 Å². The molecule has 0 bridgehead atoms. The second-order valence-corrected chi connectivity index (χ2v) is 12.4. The lowest BCUT2D eigenvalue weighted by Gasteiger charge is -2.42. The van der Waals surface area contributed by atoms with Gasteiger partial charge in [0.25, 0.3) is 10.0 Å². The molecule has 0 aliphatic carbocycles.